The lowest BCUT2D eigenvalue weighted by Crippen LogP contribution is -2.49. The summed E-state index contributed by atoms with van der Waals surface area (Å²) in [5.74, 6) is 0.612. The fourth-order valence-corrected chi connectivity index (χ4v) is 3.05. The van der Waals surface area contributed by atoms with Gasteiger partial charge in [0.1, 0.15) is 5.54 Å². The molecule has 0 saturated carbocycles. The molecule has 0 amide bonds. The highest BCUT2D eigenvalue weighted by Crippen LogP contribution is 2.28. The van der Waals surface area contributed by atoms with Crippen LogP contribution in [0.3, 0.4) is 0 Å². The monoisotopic (exact) mass is 257 g/mol. The van der Waals surface area contributed by atoms with E-state index in [-0.39, 0.29) is 0 Å². The van der Waals surface area contributed by atoms with Crippen LogP contribution in [0, 0.1) is 17.2 Å². The molecule has 1 aliphatic rings. The van der Waals surface area contributed by atoms with Crippen LogP contribution in [-0.2, 0) is 5.54 Å². The molecule has 1 heterocycles. The Hall–Kier alpha value is -1.37. The van der Waals surface area contributed by atoms with Gasteiger partial charge in [-0.3, -0.25) is 4.90 Å². The highest BCUT2D eigenvalue weighted by atomic mass is 15.2. The van der Waals surface area contributed by atoms with Gasteiger partial charge in [-0.05, 0) is 30.9 Å². The van der Waals surface area contributed by atoms with Gasteiger partial charge in [0.2, 0.25) is 0 Å². The van der Waals surface area contributed by atoms with Crippen molar-refractivity contribution in [1.29, 1.82) is 5.26 Å². The molecule has 3 nitrogen and oxygen atoms in total. The molecule has 2 atom stereocenters. The first-order chi connectivity index (χ1) is 9.07. The van der Waals surface area contributed by atoms with Gasteiger partial charge in [-0.25, -0.2) is 0 Å². The maximum absolute atomic E-state index is 9.52. The molecule has 1 aromatic rings. The lowest BCUT2D eigenvalue weighted by atomic mass is 9.91. The fourth-order valence-electron chi connectivity index (χ4n) is 3.05. The predicted octanol–water partition coefficient (Wildman–Crippen LogP) is 2.48. The van der Waals surface area contributed by atoms with Gasteiger partial charge < -0.3 is 5.73 Å². The number of nitriles is 1. The fraction of sp³-hybridized carbons (Fsp3) is 0.562. The van der Waals surface area contributed by atoms with Crippen molar-refractivity contribution >= 4 is 0 Å². The van der Waals surface area contributed by atoms with Crippen molar-refractivity contribution in [2.24, 2.45) is 11.7 Å². The zero-order chi connectivity index (χ0) is 13.9. The minimum absolute atomic E-state index is 0.556. The molecular weight excluding hydrogens is 234 g/mol. The van der Waals surface area contributed by atoms with Gasteiger partial charge in [-0.1, -0.05) is 44.2 Å². The summed E-state index contributed by atoms with van der Waals surface area (Å²) < 4.78 is 0. The van der Waals surface area contributed by atoms with Crippen LogP contribution in [-0.4, -0.2) is 24.0 Å². The minimum Gasteiger partial charge on any atom is -0.309 e. The van der Waals surface area contributed by atoms with Gasteiger partial charge >= 0.3 is 0 Å². The summed E-state index contributed by atoms with van der Waals surface area (Å²) in [5.41, 5.74) is 6.36. The molecule has 0 bridgehead atoms. The third kappa shape index (κ3) is 2.97. The van der Waals surface area contributed by atoms with Gasteiger partial charge in [0.05, 0.1) is 6.07 Å². The van der Waals surface area contributed by atoms with E-state index in [9.17, 15) is 5.26 Å². The van der Waals surface area contributed by atoms with Crippen molar-refractivity contribution in [2.75, 3.05) is 13.1 Å². The number of hydrogen-bond acceptors (Lipinski definition) is 3. The Morgan fingerprint density at radius 1 is 1.42 bits per heavy atom. The van der Waals surface area contributed by atoms with Crippen molar-refractivity contribution in [3.05, 3.63) is 35.9 Å². The summed E-state index contributed by atoms with van der Waals surface area (Å²) >= 11 is 0. The Morgan fingerprint density at radius 3 is 2.68 bits per heavy atom. The Labute approximate surface area is 116 Å². The standard InChI is InChI=1S/C16H23N3/c1-13(2)15-9-6-10-19(15)12-16(18,11-17)14-7-4-3-5-8-14/h3-5,7-8,13,15H,6,9-10,12,18H2,1-2H3. The van der Waals surface area contributed by atoms with Crippen LogP contribution in [0.15, 0.2) is 30.3 Å². The first-order valence-corrected chi connectivity index (χ1v) is 7.06. The molecule has 1 aromatic carbocycles. The first-order valence-electron chi connectivity index (χ1n) is 7.06. The summed E-state index contributed by atoms with van der Waals surface area (Å²) in [4.78, 5) is 2.39. The van der Waals surface area contributed by atoms with Gasteiger partial charge in [0.15, 0.2) is 0 Å². The third-order valence-electron chi connectivity index (χ3n) is 4.12. The highest BCUT2D eigenvalue weighted by Gasteiger charge is 2.35. The van der Waals surface area contributed by atoms with Gasteiger partial charge in [0.25, 0.3) is 0 Å². The molecule has 19 heavy (non-hydrogen) atoms. The maximum atomic E-state index is 9.52. The molecule has 0 aliphatic carbocycles. The van der Waals surface area contributed by atoms with Crippen LogP contribution in [0.1, 0.15) is 32.3 Å². The van der Waals surface area contributed by atoms with E-state index >= 15 is 0 Å². The van der Waals surface area contributed by atoms with Gasteiger partial charge in [-0.2, -0.15) is 5.26 Å². The van der Waals surface area contributed by atoms with Gasteiger partial charge in [-0.15, -0.1) is 0 Å². The van der Waals surface area contributed by atoms with Crippen molar-refractivity contribution in [3.8, 4) is 6.07 Å². The van der Waals surface area contributed by atoms with Crippen molar-refractivity contribution in [3.63, 3.8) is 0 Å². The van der Waals surface area contributed by atoms with E-state index in [1.54, 1.807) is 0 Å². The molecule has 2 unspecified atom stereocenters. The van der Waals surface area contributed by atoms with E-state index in [0.29, 0.717) is 18.5 Å². The maximum Gasteiger partial charge on any atom is 0.142 e. The Kier molecular flexibility index (Phi) is 4.24. The quantitative estimate of drug-likeness (QED) is 0.901. The van der Waals surface area contributed by atoms with E-state index in [1.807, 2.05) is 30.3 Å². The lowest BCUT2D eigenvalue weighted by molar-refractivity contribution is 0.179. The molecular formula is C16H23N3. The number of hydrogen-bond donors (Lipinski definition) is 1. The Balaban J connectivity index is 2.18. The third-order valence-corrected chi connectivity index (χ3v) is 4.12. The van der Waals surface area contributed by atoms with E-state index in [2.05, 4.69) is 24.8 Å². The molecule has 102 valence electrons. The van der Waals surface area contributed by atoms with Gasteiger partial charge in [0, 0.05) is 12.6 Å². The molecule has 2 rings (SSSR count). The van der Waals surface area contributed by atoms with Crippen LogP contribution in [0.25, 0.3) is 0 Å². The normalized spacial score (nSPS) is 23.2. The second-order valence-corrected chi connectivity index (χ2v) is 5.87. The number of nitrogens with two attached hydrogens (primary N) is 1. The van der Waals surface area contributed by atoms with Crippen LogP contribution >= 0.6 is 0 Å². The van der Waals surface area contributed by atoms with Crippen LogP contribution < -0.4 is 5.73 Å². The molecule has 1 fully saturated rings. The summed E-state index contributed by atoms with van der Waals surface area (Å²) in [6, 6.07) is 12.6. The first kappa shape index (κ1) is 14.0. The SMILES string of the molecule is CC(C)C1CCCN1CC(N)(C#N)c1ccccc1. The zero-order valence-corrected chi connectivity index (χ0v) is 11.8. The molecule has 0 aromatic heterocycles. The average molecular weight is 257 g/mol. The predicted molar refractivity (Wildman–Crippen MR) is 77.4 cm³/mol. The largest absolute Gasteiger partial charge is 0.309 e. The zero-order valence-electron chi connectivity index (χ0n) is 11.8. The summed E-state index contributed by atoms with van der Waals surface area (Å²) in [7, 11) is 0. The van der Waals surface area contributed by atoms with Crippen LogP contribution in [0.5, 0.6) is 0 Å². The summed E-state index contributed by atoms with van der Waals surface area (Å²) in [5, 5.41) is 9.52. The average Bonchev–Trinajstić information content (AvgIpc) is 2.87. The van der Waals surface area contributed by atoms with E-state index in [0.717, 1.165) is 12.1 Å². The lowest BCUT2D eigenvalue weighted by Gasteiger charge is -2.33. The molecule has 1 saturated heterocycles. The Morgan fingerprint density at radius 2 is 2.11 bits per heavy atom. The van der Waals surface area contributed by atoms with E-state index in [4.69, 9.17) is 5.73 Å². The van der Waals surface area contributed by atoms with Crippen molar-refractivity contribution < 1.29 is 0 Å². The van der Waals surface area contributed by atoms with Crippen LogP contribution in [0.4, 0.5) is 0 Å². The minimum atomic E-state index is -0.904. The van der Waals surface area contributed by atoms with E-state index in [1.165, 1.54) is 12.8 Å². The second-order valence-electron chi connectivity index (χ2n) is 5.87. The number of likely N-dealkylation sites (tertiary alicyclic amines) is 1. The molecule has 3 heteroatoms. The molecule has 0 radical (unpaired) electrons. The molecule has 0 spiro atoms. The van der Waals surface area contributed by atoms with E-state index < -0.39 is 5.54 Å². The summed E-state index contributed by atoms with van der Waals surface area (Å²) in [6.07, 6.45) is 2.42. The second kappa shape index (κ2) is 5.73. The number of benzene rings is 1. The summed E-state index contributed by atoms with van der Waals surface area (Å²) in [6.45, 7) is 6.17. The van der Waals surface area contributed by atoms with Crippen molar-refractivity contribution in [2.45, 2.75) is 38.3 Å². The smallest absolute Gasteiger partial charge is 0.142 e. The van der Waals surface area contributed by atoms with Crippen molar-refractivity contribution in [1.82, 2.24) is 4.90 Å². The highest BCUT2D eigenvalue weighted by molar-refractivity contribution is 5.31. The Bertz CT molecular complexity index is 449. The number of rotatable bonds is 4. The molecule has 1 aliphatic heterocycles. The van der Waals surface area contributed by atoms with Crippen LogP contribution in [0.2, 0.25) is 0 Å². The molecule has 2 N–H and O–H groups in total. The number of nitrogens with zero attached hydrogens (tertiary/aromatic N) is 2. The topological polar surface area (TPSA) is 53.0 Å².